The van der Waals surface area contributed by atoms with Gasteiger partial charge in [0.05, 0.1) is 25.2 Å². The van der Waals surface area contributed by atoms with E-state index in [4.69, 9.17) is 10.5 Å². The van der Waals surface area contributed by atoms with E-state index in [-0.39, 0.29) is 22.7 Å². The highest BCUT2D eigenvalue weighted by atomic mass is 15.1. The molecule has 0 aromatic carbocycles. The molecule has 0 aliphatic carbocycles. The molecule has 0 aliphatic rings. The Kier molecular flexibility index (Phi) is 7.43. The molecule has 4 heteroatoms. The van der Waals surface area contributed by atoms with Crippen LogP contribution in [-0.2, 0) is 0 Å². The Morgan fingerprint density at radius 1 is 0.800 bits per heavy atom. The van der Waals surface area contributed by atoms with Crippen LogP contribution in [0, 0.1) is 45.3 Å². The summed E-state index contributed by atoms with van der Waals surface area (Å²) in [7, 11) is 0. The van der Waals surface area contributed by atoms with Gasteiger partial charge in [-0.1, -0.05) is 27.7 Å². The third kappa shape index (κ3) is 8.64. The van der Waals surface area contributed by atoms with Gasteiger partial charge >= 0.3 is 0 Å². The first-order valence-corrected chi connectivity index (χ1v) is 7.24. The van der Waals surface area contributed by atoms with Crippen LogP contribution in [0.25, 0.3) is 0 Å². The standard InChI is InChI=1S/C16H28N4/c1-13(9-17)7-15(3,4)11-19-20-12-16(5,6)8-14(2)10-18/h13-14H,7-8,11-12H2,1-6H3. The Labute approximate surface area is 123 Å². The summed E-state index contributed by atoms with van der Waals surface area (Å²) in [5, 5.41) is 26.3. The van der Waals surface area contributed by atoms with Crippen molar-refractivity contribution in [2.45, 2.75) is 54.4 Å². The molecule has 2 unspecified atom stereocenters. The van der Waals surface area contributed by atoms with Gasteiger partial charge in [-0.25, -0.2) is 0 Å². The van der Waals surface area contributed by atoms with Crippen molar-refractivity contribution in [1.29, 1.82) is 10.5 Å². The van der Waals surface area contributed by atoms with Gasteiger partial charge in [-0.05, 0) is 37.5 Å². The maximum Gasteiger partial charge on any atom is 0.0653 e. The zero-order valence-corrected chi connectivity index (χ0v) is 13.8. The van der Waals surface area contributed by atoms with E-state index in [1.54, 1.807) is 0 Å². The van der Waals surface area contributed by atoms with E-state index in [2.05, 4.69) is 50.1 Å². The summed E-state index contributed by atoms with van der Waals surface area (Å²) >= 11 is 0. The molecule has 0 spiro atoms. The molecule has 0 aromatic heterocycles. The first-order chi connectivity index (χ1) is 9.12. The summed E-state index contributed by atoms with van der Waals surface area (Å²) < 4.78 is 0. The second-order valence-corrected chi connectivity index (χ2v) is 7.40. The lowest BCUT2D eigenvalue weighted by atomic mass is 9.83. The molecular formula is C16H28N4. The van der Waals surface area contributed by atoms with Gasteiger partial charge in [-0.2, -0.15) is 20.8 Å². The largest absolute Gasteiger partial charge is 0.198 e. The van der Waals surface area contributed by atoms with Gasteiger partial charge in [0.1, 0.15) is 0 Å². The topological polar surface area (TPSA) is 72.3 Å². The first-order valence-electron chi connectivity index (χ1n) is 7.24. The zero-order chi connectivity index (χ0) is 15.8. The maximum absolute atomic E-state index is 8.85. The molecule has 0 rings (SSSR count). The molecule has 2 atom stereocenters. The predicted octanol–water partition coefficient (Wildman–Crippen LogP) is 4.59. The monoisotopic (exact) mass is 276 g/mol. The van der Waals surface area contributed by atoms with Crippen molar-refractivity contribution in [1.82, 2.24) is 0 Å². The van der Waals surface area contributed by atoms with Gasteiger partial charge in [0, 0.05) is 11.8 Å². The molecular weight excluding hydrogens is 248 g/mol. The highest BCUT2D eigenvalue weighted by Gasteiger charge is 2.22. The van der Waals surface area contributed by atoms with Crippen LogP contribution < -0.4 is 0 Å². The summed E-state index contributed by atoms with van der Waals surface area (Å²) in [6.45, 7) is 13.6. The van der Waals surface area contributed by atoms with Gasteiger partial charge in [0.15, 0.2) is 0 Å². The van der Waals surface area contributed by atoms with Crippen LogP contribution in [0.3, 0.4) is 0 Å². The van der Waals surface area contributed by atoms with E-state index in [0.717, 1.165) is 12.8 Å². The Morgan fingerprint density at radius 3 is 1.35 bits per heavy atom. The SMILES string of the molecule is CC(C#N)CC(C)(C)CN=NCC(C)(C)CC(C)C#N. The minimum absolute atomic E-state index is 0.00271. The van der Waals surface area contributed by atoms with Crippen LogP contribution >= 0.6 is 0 Å². The highest BCUT2D eigenvalue weighted by Crippen LogP contribution is 2.27. The minimum atomic E-state index is 0.00271. The summed E-state index contributed by atoms with van der Waals surface area (Å²) in [5.41, 5.74) is 0.00543. The summed E-state index contributed by atoms with van der Waals surface area (Å²) in [6, 6.07) is 4.52. The second-order valence-electron chi connectivity index (χ2n) is 7.40. The molecule has 0 fully saturated rings. The van der Waals surface area contributed by atoms with E-state index in [9.17, 15) is 0 Å². The molecule has 0 amide bonds. The average Bonchev–Trinajstić information content (AvgIpc) is 2.33. The lowest BCUT2D eigenvalue weighted by Crippen LogP contribution is -2.20. The van der Waals surface area contributed by atoms with Crippen molar-refractivity contribution >= 4 is 0 Å². The molecule has 0 heterocycles. The molecule has 0 saturated heterocycles. The number of rotatable bonds is 8. The number of azo groups is 1. The van der Waals surface area contributed by atoms with Crippen LogP contribution in [0.2, 0.25) is 0 Å². The van der Waals surface area contributed by atoms with E-state index in [1.165, 1.54) is 0 Å². The predicted molar refractivity (Wildman–Crippen MR) is 80.9 cm³/mol. The highest BCUT2D eigenvalue weighted by molar-refractivity contribution is 4.86. The fourth-order valence-electron chi connectivity index (χ4n) is 2.36. The van der Waals surface area contributed by atoms with Crippen LogP contribution in [-0.4, -0.2) is 13.1 Å². The van der Waals surface area contributed by atoms with E-state index in [1.807, 2.05) is 13.8 Å². The van der Waals surface area contributed by atoms with Gasteiger partial charge < -0.3 is 0 Å². The molecule has 0 N–H and O–H groups in total. The molecule has 20 heavy (non-hydrogen) atoms. The zero-order valence-electron chi connectivity index (χ0n) is 13.8. The second kappa shape index (κ2) is 8.00. The van der Waals surface area contributed by atoms with Gasteiger partial charge in [-0.15, -0.1) is 0 Å². The van der Waals surface area contributed by atoms with Crippen molar-refractivity contribution < 1.29 is 0 Å². The Hall–Kier alpha value is -1.42. The summed E-state index contributed by atoms with van der Waals surface area (Å²) in [4.78, 5) is 0. The molecule has 0 aromatic rings. The first kappa shape index (κ1) is 18.6. The van der Waals surface area contributed by atoms with Crippen LogP contribution in [0.4, 0.5) is 0 Å². The van der Waals surface area contributed by atoms with E-state index in [0.29, 0.717) is 13.1 Å². The molecule has 112 valence electrons. The third-order valence-electron chi connectivity index (χ3n) is 3.26. The number of nitrogens with zero attached hydrogens (tertiary/aromatic N) is 4. The molecule has 0 aliphatic heterocycles. The van der Waals surface area contributed by atoms with Crippen molar-refractivity contribution in [3.8, 4) is 12.1 Å². The summed E-state index contributed by atoms with van der Waals surface area (Å²) in [5.74, 6) is 0.0984. The minimum Gasteiger partial charge on any atom is -0.198 e. The molecule has 0 saturated carbocycles. The van der Waals surface area contributed by atoms with Crippen molar-refractivity contribution in [2.24, 2.45) is 32.9 Å². The maximum atomic E-state index is 8.85. The van der Waals surface area contributed by atoms with Crippen LogP contribution in [0.5, 0.6) is 0 Å². The fraction of sp³-hybridized carbons (Fsp3) is 0.875. The number of nitriles is 2. The fourth-order valence-corrected chi connectivity index (χ4v) is 2.36. The number of hydrogen-bond acceptors (Lipinski definition) is 4. The Bertz CT molecular complexity index is 358. The van der Waals surface area contributed by atoms with E-state index < -0.39 is 0 Å². The van der Waals surface area contributed by atoms with E-state index >= 15 is 0 Å². The smallest absolute Gasteiger partial charge is 0.0653 e. The molecule has 0 radical (unpaired) electrons. The van der Waals surface area contributed by atoms with Crippen LogP contribution in [0.1, 0.15) is 54.4 Å². The van der Waals surface area contributed by atoms with Crippen molar-refractivity contribution in [2.75, 3.05) is 13.1 Å². The summed E-state index contributed by atoms with van der Waals surface area (Å²) in [6.07, 6.45) is 1.66. The van der Waals surface area contributed by atoms with Gasteiger partial charge in [0.25, 0.3) is 0 Å². The van der Waals surface area contributed by atoms with Crippen molar-refractivity contribution in [3.63, 3.8) is 0 Å². The van der Waals surface area contributed by atoms with Gasteiger partial charge in [-0.3, -0.25) is 0 Å². The quantitative estimate of drug-likeness (QED) is 0.608. The Balaban J connectivity index is 4.26. The number of hydrogen-bond donors (Lipinski definition) is 0. The Morgan fingerprint density at radius 2 is 1.10 bits per heavy atom. The van der Waals surface area contributed by atoms with Crippen LogP contribution in [0.15, 0.2) is 10.2 Å². The average molecular weight is 276 g/mol. The lowest BCUT2D eigenvalue weighted by Gasteiger charge is -2.24. The normalized spacial score (nSPS) is 15.6. The van der Waals surface area contributed by atoms with Gasteiger partial charge in [0.2, 0.25) is 0 Å². The lowest BCUT2D eigenvalue weighted by molar-refractivity contribution is 0.293. The molecule has 0 bridgehead atoms. The third-order valence-corrected chi connectivity index (χ3v) is 3.26. The van der Waals surface area contributed by atoms with Crippen molar-refractivity contribution in [3.05, 3.63) is 0 Å². The molecule has 4 nitrogen and oxygen atoms in total.